The normalized spacial score (nSPS) is 24.6. The number of likely N-dealkylation sites (tertiary alicyclic amines) is 1. The summed E-state index contributed by atoms with van der Waals surface area (Å²) in [6.07, 6.45) is 5.43. The second-order valence-corrected chi connectivity index (χ2v) is 8.12. The van der Waals surface area contributed by atoms with Crippen LogP contribution in [-0.4, -0.2) is 50.2 Å². The first kappa shape index (κ1) is 21.5. The lowest BCUT2D eigenvalue weighted by molar-refractivity contribution is -0.128. The SMILES string of the molecule is CCC(=O)C1(CC)CN(C(=O)OC)CC1c1ccc(OC)c(OC2CCCC2)c1. The lowest BCUT2D eigenvalue weighted by Gasteiger charge is -2.32. The van der Waals surface area contributed by atoms with Crippen LogP contribution in [-0.2, 0) is 9.53 Å². The number of hydrogen-bond donors (Lipinski definition) is 0. The predicted molar refractivity (Wildman–Crippen MR) is 111 cm³/mol. The second-order valence-electron chi connectivity index (χ2n) is 8.12. The Morgan fingerprint density at radius 2 is 1.86 bits per heavy atom. The van der Waals surface area contributed by atoms with E-state index in [4.69, 9.17) is 14.2 Å². The van der Waals surface area contributed by atoms with E-state index in [0.717, 1.165) is 24.2 Å². The number of nitrogens with zero attached hydrogens (tertiary/aromatic N) is 1. The summed E-state index contributed by atoms with van der Waals surface area (Å²) in [6, 6.07) is 5.92. The van der Waals surface area contributed by atoms with Crippen LogP contribution in [0.4, 0.5) is 4.79 Å². The zero-order chi connectivity index (χ0) is 21.0. The highest BCUT2D eigenvalue weighted by atomic mass is 16.5. The van der Waals surface area contributed by atoms with Crippen LogP contribution in [0.2, 0.25) is 0 Å². The summed E-state index contributed by atoms with van der Waals surface area (Å²) in [4.78, 5) is 27.0. The Kier molecular flexibility index (Phi) is 6.70. The lowest BCUT2D eigenvalue weighted by Crippen LogP contribution is -2.38. The largest absolute Gasteiger partial charge is 0.493 e. The maximum absolute atomic E-state index is 13.1. The second kappa shape index (κ2) is 9.06. The molecule has 0 aromatic heterocycles. The van der Waals surface area contributed by atoms with Crippen LogP contribution in [0.5, 0.6) is 11.5 Å². The molecule has 29 heavy (non-hydrogen) atoms. The van der Waals surface area contributed by atoms with E-state index < -0.39 is 5.41 Å². The van der Waals surface area contributed by atoms with E-state index in [1.165, 1.54) is 20.0 Å². The first-order valence-electron chi connectivity index (χ1n) is 10.7. The zero-order valence-electron chi connectivity index (χ0n) is 18.0. The fourth-order valence-electron chi connectivity index (χ4n) is 4.98. The highest BCUT2D eigenvalue weighted by Crippen LogP contribution is 2.48. The molecule has 2 aliphatic rings. The van der Waals surface area contributed by atoms with Gasteiger partial charge in [-0.15, -0.1) is 0 Å². The van der Waals surface area contributed by atoms with Gasteiger partial charge >= 0.3 is 6.09 Å². The molecule has 1 aliphatic heterocycles. The van der Waals surface area contributed by atoms with E-state index in [0.29, 0.717) is 31.7 Å². The Hall–Kier alpha value is -2.24. The van der Waals surface area contributed by atoms with Crippen molar-refractivity contribution in [3.8, 4) is 11.5 Å². The Morgan fingerprint density at radius 1 is 1.14 bits per heavy atom. The van der Waals surface area contributed by atoms with Crippen molar-refractivity contribution in [2.75, 3.05) is 27.3 Å². The van der Waals surface area contributed by atoms with Gasteiger partial charge in [-0.25, -0.2) is 4.79 Å². The quantitative estimate of drug-likeness (QED) is 0.668. The van der Waals surface area contributed by atoms with E-state index in [1.54, 1.807) is 12.0 Å². The van der Waals surface area contributed by atoms with Gasteiger partial charge in [0, 0.05) is 25.4 Å². The number of hydrogen-bond acceptors (Lipinski definition) is 5. The summed E-state index contributed by atoms with van der Waals surface area (Å²) in [7, 11) is 3.02. The molecule has 0 radical (unpaired) electrons. The minimum atomic E-state index is -0.609. The number of ether oxygens (including phenoxy) is 3. The van der Waals surface area contributed by atoms with Crippen molar-refractivity contribution in [2.45, 2.75) is 64.4 Å². The van der Waals surface area contributed by atoms with Crippen molar-refractivity contribution in [2.24, 2.45) is 5.41 Å². The highest BCUT2D eigenvalue weighted by molar-refractivity contribution is 5.87. The van der Waals surface area contributed by atoms with Crippen LogP contribution in [0.1, 0.15) is 63.9 Å². The first-order chi connectivity index (χ1) is 14.0. The van der Waals surface area contributed by atoms with E-state index in [1.807, 2.05) is 32.0 Å². The van der Waals surface area contributed by atoms with Gasteiger partial charge < -0.3 is 19.1 Å². The Bertz CT molecular complexity index is 743. The van der Waals surface area contributed by atoms with E-state index in [2.05, 4.69) is 0 Å². The highest BCUT2D eigenvalue weighted by Gasteiger charge is 2.52. The van der Waals surface area contributed by atoms with Gasteiger partial charge in [0.05, 0.1) is 25.7 Å². The number of rotatable bonds is 7. The summed E-state index contributed by atoms with van der Waals surface area (Å²) in [6.45, 7) is 4.76. The van der Waals surface area contributed by atoms with Gasteiger partial charge in [0.25, 0.3) is 0 Å². The third-order valence-electron chi connectivity index (χ3n) is 6.67. The molecule has 1 aliphatic carbocycles. The molecule has 160 valence electrons. The van der Waals surface area contributed by atoms with E-state index >= 15 is 0 Å². The zero-order valence-corrected chi connectivity index (χ0v) is 18.0. The lowest BCUT2D eigenvalue weighted by atomic mass is 9.69. The van der Waals surface area contributed by atoms with E-state index in [9.17, 15) is 9.59 Å². The minimum Gasteiger partial charge on any atom is -0.493 e. The van der Waals surface area contributed by atoms with Crippen molar-refractivity contribution in [1.82, 2.24) is 4.90 Å². The summed E-state index contributed by atoms with van der Waals surface area (Å²) in [5, 5.41) is 0. The molecule has 1 aromatic carbocycles. The predicted octanol–water partition coefficient (Wildman–Crippen LogP) is 4.56. The number of carbonyl (C=O) groups excluding carboxylic acids is 2. The number of carbonyl (C=O) groups is 2. The molecule has 1 amide bonds. The van der Waals surface area contributed by atoms with Crippen LogP contribution < -0.4 is 9.47 Å². The third-order valence-corrected chi connectivity index (χ3v) is 6.67. The average Bonchev–Trinajstić information content (AvgIpc) is 3.40. The Balaban J connectivity index is 1.98. The molecule has 2 fully saturated rings. The van der Waals surface area contributed by atoms with Gasteiger partial charge in [0.15, 0.2) is 11.5 Å². The van der Waals surface area contributed by atoms with Gasteiger partial charge in [-0.05, 0) is 49.8 Å². The fraction of sp³-hybridized carbons (Fsp3) is 0.652. The molecular formula is C23H33NO5. The smallest absolute Gasteiger partial charge is 0.409 e. The van der Waals surface area contributed by atoms with Crippen LogP contribution in [0.3, 0.4) is 0 Å². The standard InChI is InChI=1S/C23H33NO5/c1-5-21(25)23(6-2)15-24(22(26)28-4)14-18(23)16-11-12-19(27-3)20(13-16)29-17-9-7-8-10-17/h11-13,17-18H,5-10,14-15H2,1-4H3. The van der Waals surface area contributed by atoms with Gasteiger partial charge in [0.2, 0.25) is 0 Å². The Labute approximate surface area is 173 Å². The molecule has 0 bridgehead atoms. The minimum absolute atomic E-state index is 0.101. The van der Waals surface area contributed by atoms with Crippen LogP contribution in [0.15, 0.2) is 18.2 Å². The van der Waals surface area contributed by atoms with Crippen LogP contribution in [0.25, 0.3) is 0 Å². The maximum Gasteiger partial charge on any atom is 0.409 e. The van der Waals surface area contributed by atoms with Gasteiger partial charge in [0.1, 0.15) is 5.78 Å². The molecule has 1 saturated heterocycles. The van der Waals surface area contributed by atoms with Crippen molar-refractivity contribution in [1.29, 1.82) is 0 Å². The molecule has 2 atom stereocenters. The number of Topliss-reactive ketones (excluding diaryl/α,β-unsaturated/α-hetero) is 1. The molecule has 2 unspecified atom stereocenters. The van der Waals surface area contributed by atoms with Crippen molar-refractivity contribution in [3.05, 3.63) is 23.8 Å². The molecule has 1 saturated carbocycles. The topological polar surface area (TPSA) is 65.1 Å². The van der Waals surface area contributed by atoms with E-state index in [-0.39, 0.29) is 23.9 Å². The molecule has 1 aromatic rings. The van der Waals surface area contributed by atoms with Gasteiger partial charge in [-0.1, -0.05) is 19.9 Å². The molecule has 6 nitrogen and oxygen atoms in total. The summed E-state index contributed by atoms with van der Waals surface area (Å²) < 4.78 is 16.7. The number of methoxy groups -OCH3 is 2. The molecule has 1 heterocycles. The van der Waals surface area contributed by atoms with Crippen molar-refractivity contribution >= 4 is 11.9 Å². The van der Waals surface area contributed by atoms with Crippen LogP contribution in [0, 0.1) is 5.41 Å². The number of amides is 1. The van der Waals surface area contributed by atoms with Crippen LogP contribution >= 0.6 is 0 Å². The molecule has 3 rings (SSSR count). The fourth-order valence-corrected chi connectivity index (χ4v) is 4.98. The monoisotopic (exact) mass is 403 g/mol. The van der Waals surface area contributed by atoms with Gasteiger partial charge in [-0.2, -0.15) is 0 Å². The Morgan fingerprint density at radius 3 is 2.45 bits per heavy atom. The molecule has 6 heteroatoms. The van der Waals surface area contributed by atoms with Gasteiger partial charge in [-0.3, -0.25) is 4.79 Å². The summed E-state index contributed by atoms with van der Waals surface area (Å²) in [5.41, 5.74) is 0.399. The third kappa shape index (κ3) is 4.07. The average molecular weight is 404 g/mol. The van der Waals surface area contributed by atoms with Crippen molar-refractivity contribution in [3.63, 3.8) is 0 Å². The molecule has 0 spiro atoms. The maximum atomic E-state index is 13.1. The summed E-state index contributed by atoms with van der Waals surface area (Å²) in [5.74, 6) is 1.51. The number of benzene rings is 1. The number of ketones is 1. The van der Waals surface area contributed by atoms with Crippen molar-refractivity contribution < 1.29 is 23.8 Å². The first-order valence-corrected chi connectivity index (χ1v) is 10.7. The molecular weight excluding hydrogens is 370 g/mol. The summed E-state index contributed by atoms with van der Waals surface area (Å²) >= 11 is 0. The molecule has 0 N–H and O–H groups in total.